The van der Waals surface area contributed by atoms with Crippen molar-refractivity contribution in [3.05, 3.63) is 35.4 Å². The maximum absolute atomic E-state index is 13.5. The smallest absolute Gasteiger partial charge is 0.100 e. The summed E-state index contributed by atoms with van der Waals surface area (Å²) in [7, 11) is 0. The van der Waals surface area contributed by atoms with Crippen LogP contribution in [0.25, 0.3) is 0 Å². The first kappa shape index (κ1) is 22.3. The summed E-state index contributed by atoms with van der Waals surface area (Å²) in [6.07, 6.45) is 11.1. The normalized spacial score (nSPS) is 24.6. The van der Waals surface area contributed by atoms with Gasteiger partial charge in [0.25, 0.3) is 0 Å². The molecule has 1 aliphatic rings. The summed E-state index contributed by atoms with van der Waals surface area (Å²) in [4.78, 5) is 0. The Labute approximate surface area is 170 Å². The van der Waals surface area contributed by atoms with Gasteiger partial charge in [-0.2, -0.15) is 0 Å². The van der Waals surface area contributed by atoms with Gasteiger partial charge in [0.05, 0.1) is 6.04 Å². The first-order valence-electron chi connectivity index (χ1n) is 10.4. The van der Waals surface area contributed by atoms with Crippen LogP contribution in [0.15, 0.2) is 24.3 Å². The average molecular weight is 392 g/mol. The van der Waals surface area contributed by atoms with Gasteiger partial charge in [-0.3, -0.25) is 0 Å². The van der Waals surface area contributed by atoms with Crippen molar-refractivity contribution in [3.8, 4) is 12.3 Å². The highest BCUT2D eigenvalue weighted by Crippen LogP contribution is 2.41. The molecule has 1 saturated carbocycles. The van der Waals surface area contributed by atoms with Crippen molar-refractivity contribution in [1.29, 1.82) is 0 Å². The first-order valence-corrected chi connectivity index (χ1v) is 10.9. The maximum atomic E-state index is 13.5. The van der Waals surface area contributed by atoms with Gasteiger partial charge in [0.1, 0.15) is 6.17 Å². The van der Waals surface area contributed by atoms with Crippen LogP contribution in [-0.2, 0) is 5.41 Å². The van der Waals surface area contributed by atoms with Crippen LogP contribution in [0.1, 0.15) is 69.9 Å². The van der Waals surface area contributed by atoms with Crippen LogP contribution in [0, 0.1) is 25.2 Å². The molecule has 3 heteroatoms. The summed E-state index contributed by atoms with van der Waals surface area (Å²) in [5.74, 6) is 3.33. The van der Waals surface area contributed by atoms with E-state index >= 15 is 0 Å². The van der Waals surface area contributed by atoms with Crippen molar-refractivity contribution in [2.75, 3.05) is 6.54 Å². The molecule has 0 aliphatic heterocycles. The second-order valence-electron chi connectivity index (χ2n) is 8.49. The van der Waals surface area contributed by atoms with E-state index in [2.05, 4.69) is 56.3 Å². The Morgan fingerprint density at radius 3 is 2.52 bits per heavy atom. The van der Waals surface area contributed by atoms with E-state index in [1.165, 1.54) is 11.1 Å². The maximum Gasteiger partial charge on any atom is 0.100 e. The zero-order valence-corrected chi connectivity index (χ0v) is 17.9. The van der Waals surface area contributed by atoms with Crippen LogP contribution in [0.4, 0.5) is 4.39 Å². The Morgan fingerprint density at radius 2 is 1.93 bits per heavy atom. The third-order valence-corrected chi connectivity index (χ3v) is 6.66. The molecule has 0 heterocycles. The molecule has 3 unspecified atom stereocenters. The zero-order chi connectivity index (χ0) is 19.9. The van der Waals surface area contributed by atoms with Crippen molar-refractivity contribution >= 4 is 11.6 Å². The van der Waals surface area contributed by atoms with Gasteiger partial charge in [-0.25, -0.2) is 4.39 Å². The van der Waals surface area contributed by atoms with E-state index < -0.39 is 6.17 Å². The Bertz CT molecular complexity index is 617. The summed E-state index contributed by atoms with van der Waals surface area (Å²) in [5, 5.41) is 3.54. The fourth-order valence-electron chi connectivity index (χ4n) is 4.55. The first-order chi connectivity index (χ1) is 12.9. The SMILES string of the molecule is C#CC(CC(C)(CC(Cl)C1CCC(F)CC1)c1ccccc1C)NCCC. The van der Waals surface area contributed by atoms with E-state index in [0.29, 0.717) is 18.8 Å². The number of aryl methyl sites for hydroxylation is 1. The van der Waals surface area contributed by atoms with Gasteiger partial charge < -0.3 is 5.32 Å². The van der Waals surface area contributed by atoms with Crippen LogP contribution >= 0.6 is 11.6 Å². The summed E-state index contributed by atoms with van der Waals surface area (Å²) < 4.78 is 13.5. The summed E-state index contributed by atoms with van der Waals surface area (Å²) in [6.45, 7) is 7.53. The largest absolute Gasteiger partial charge is 0.304 e. The van der Waals surface area contributed by atoms with E-state index in [1.807, 2.05) is 0 Å². The minimum absolute atomic E-state index is 0.0278. The van der Waals surface area contributed by atoms with Gasteiger partial charge in [-0.15, -0.1) is 18.0 Å². The van der Waals surface area contributed by atoms with E-state index in [1.54, 1.807) is 0 Å². The Morgan fingerprint density at radius 1 is 1.26 bits per heavy atom. The molecule has 0 spiro atoms. The molecular weight excluding hydrogens is 357 g/mol. The van der Waals surface area contributed by atoms with E-state index in [-0.39, 0.29) is 16.8 Å². The van der Waals surface area contributed by atoms with E-state index in [4.69, 9.17) is 18.0 Å². The molecule has 2 rings (SSSR count). The van der Waals surface area contributed by atoms with Crippen molar-refractivity contribution in [2.45, 2.75) is 88.7 Å². The minimum Gasteiger partial charge on any atom is -0.304 e. The lowest BCUT2D eigenvalue weighted by Crippen LogP contribution is -2.39. The number of halogens is 2. The Balaban J connectivity index is 2.21. The van der Waals surface area contributed by atoms with Gasteiger partial charge in [0.15, 0.2) is 0 Å². The molecule has 1 N–H and O–H groups in total. The summed E-state index contributed by atoms with van der Waals surface area (Å²) in [6, 6.07) is 8.58. The highest BCUT2D eigenvalue weighted by molar-refractivity contribution is 6.20. The Kier molecular flexibility index (Phi) is 8.64. The topological polar surface area (TPSA) is 12.0 Å². The molecule has 1 aromatic rings. The van der Waals surface area contributed by atoms with Crippen molar-refractivity contribution in [3.63, 3.8) is 0 Å². The lowest BCUT2D eigenvalue weighted by molar-refractivity contribution is 0.193. The molecule has 1 fully saturated rings. The molecule has 1 aliphatic carbocycles. The molecule has 27 heavy (non-hydrogen) atoms. The third kappa shape index (κ3) is 6.23. The van der Waals surface area contributed by atoms with E-state index in [9.17, 15) is 4.39 Å². The lowest BCUT2D eigenvalue weighted by Gasteiger charge is -2.38. The molecular formula is C24H35ClFN. The third-order valence-electron chi connectivity index (χ3n) is 6.15. The van der Waals surface area contributed by atoms with Gasteiger partial charge >= 0.3 is 0 Å². The lowest BCUT2D eigenvalue weighted by atomic mass is 9.70. The standard InChI is InChI=1S/C24H35ClFN/c1-5-15-27-21(6-2)16-24(4,22-10-8-7-9-18(22)3)17-23(25)19-11-13-20(26)14-12-19/h2,7-10,19-21,23,27H,5,11-17H2,1,3-4H3. The number of alkyl halides is 2. The monoisotopic (exact) mass is 391 g/mol. The highest BCUT2D eigenvalue weighted by atomic mass is 35.5. The van der Waals surface area contributed by atoms with Crippen LogP contribution in [-0.4, -0.2) is 24.1 Å². The molecule has 0 amide bonds. The van der Waals surface area contributed by atoms with Crippen LogP contribution in [0.3, 0.4) is 0 Å². The predicted octanol–water partition coefficient (Wildman–Crippen LogP) is 6.17. The summed E-state index contributed by atoms with van der Waals surface area (Å²) in [5.41, 5.74) is 2.50. The molecule has 0 radical (unpaired) electrons. The van der Waals surface area contributed by atoms with Crippen molar-refractivity contribution < 1.29 is 4.39 Å². The number of nitrogens with one attached hydrogen (secondary N) is 1. The molecule has 1 nitrogen and oxygen atoms in total. The van der Waals surface area contributed by atoms with Crippen LogP contribution in [0.5, 0.6) is 0 Å². The van der Waals surface area contributed by atoms with E-state index in [0.717, 1.165) is 38.6 Å². The number of rotatable bonds is 9. The molecule has 0 bridgehead atoms. The molecule has 0 aromatic heterocycles. The summed E-state index contributed by atoms with van der Waals surface area (Å²) >= 11 is 6.93. The van der Waals surface area contributed by atoms with Gasteiger partial charge in [-0.05, 0) is 80.9 Å². The molecule has 150 valence electrons. The zero-order valence-electron chi connectivity index (χ0n) is 17.1. The van der Waals surface area contributed by atoms with Gasteiger partial charge in [-0.1, -0.05) is 44.0 Å². The number of terminal acetylenes is 1. The molecule has 3 atom stereocenters. The Hall–Kier alpha value is -1.04. The van der Waals surface area contributed by atoms with Crippen LogP contribution in [0.2, 0.25) is 0 Å². The van der Waals surface area contributed by atoms with Gasteiger partial charge in [0, 0.05) is 5.38 Å². The fourth-order valence-corrected chi connectivity index (χ4v) is 5.14. The quantitative estimate of drug-likeness (QED) is 0.392. The van der Waals surface area contributed by atoms with Crippen molar-refractivity contribution in [2.24, 2.45) is 5.92 Å². The molecule has 1 aromatic carbocycles. The predicted molar refractivity (Wildman–Crippen MR) is 115 cm³/mol. The number of hydrogen-bond donors (Lipinski definition) is 1. The second kappa shape index (κ2) is 10.5. The van der Waals surface area contributed by atoms with Gasteiger partial charge in [0.2, 0.25) is 0 Å². The second-order valence-corrected chi connectivity index (χ2v) is 9.05. The number of benzene rings is 1. The van der Waals surface area contributed by atoms with Crippen LogP contribution < -0.4 is 5.32 Å². The number of hydrogen-bond acceptors (Lipinski definition) is 1. The van der Waals surface area contributed by atoms with Crippen molar-refractivity contribution in [1.82, 2.24) is 5.32 Å². The fraction of sp³-hybridized carbons (Fsp3) is 0.667. The average Bonchev–Trinajstić information content (AvgIpc) is 2.65. The highest BCUT2D eigenvalue weighted by Gasteiger charge is 2.36. The molecule has 0 saturated heterocycles. The minimum atomic E-state index is -0.642.